The molecular weight excluding hydrogens is 182 g/mol. The third kappa shape index (κ3) is 1.54. The van der Waals surface area contributed by atoms with E-state index in [1.807, 2.05) is 6.20 Å². The Kier molecular flexibility index (Phi) is 1.80. The molecule has 2 aromatic heterocycles. The summed E-state index contributed by atoms with van der Waals surface area (Å²) in [6, 6.07) is 2.06. The second kappa shape index (κ2) is 2.73. The first-order chi connectivity index (χ1) is 6.07. The number of pyridine rings is 1. The van der Waals surface area contributed by atoms with Gasteiger partial charge in [0, 0.05) is 6.20 Å². The zero-order valence-corrected chi connectivity index (χ0v) is 8.72. The minimum absolute atomic E-state index is 0.130. The highest BCUT2D eigenvalue weighted by Crippen LogP contribution is 2.23. The van der Waals surface area contributed by atoms with Crippen LogP contribution in [0.1, 0.15) is 26.3 Å². The van der Waals surface area contributed by atoms with E-state index in [2.05, 4.69) is 40.6 Å². The van der Waals surface area contributed by atoms with E-state index in [1.54, 1.807) is 0 Å². The molecule has 2 heterocycles. The van der Waals surface area contributed by atoms with Crippen LogP contribution in [0.4, 0.5) is 0 Å². The van der Waals surface area contributed by atoms with Crippen molar-refractivity contribution in [2.24, 2.45) is 0 Å². The summed E-state index contributed by atoms with van der Waals surface area (Å²) in [6.45, 7) is 6.49. The monoisotopic (exact) mass is 193 g/mol. The molecule has 0 amide bonds. The first kappa shape index (κ1) is 8.56. The molecule has 0 bridgehead atoms. The van der Waals surface area contributed by atoms with Crippen LogP contribution in [-0.4, -0.2) is 13.7 Å². The van der Waals surface area contributed by atoms with E-state index >= 15 is 0 Å². The molecule has 2 rings (SSSR count). The molecular formula is C9H11N3S. The molecule has 2 aromatic rings. The molecule has 0 saturated carbocycles. The van der Waals surface area contributed by atoms with E-state index in [9.17, 15) is 0 Å². The van der Waals surface area contributed by atoms with Crippen molar-refractivity contribution in [1.29, 1.82) is 0 Å². The van der Waals surface area contributed by atoms with E-state index in [-0.39, 0.29) is 5.41 Å². The summed E-state index contributed by atoms with van der Waals surface area (Å²) in [5, 5.41) is 0. The first-order valence-corrected chi connectivity index (χ1v) is 4.89. The fourth-order valence-corrected chi connectivity index (χ4v) is 1.58. The summed E-state index contributed by atoms with van der Waals surface area (Å²) in [5.41, 5.74) is 2.98. The molecule has 4 heteroatoms. The molecule has 0 unspecified atom stereocenters. The Bertz CT molecular complexity index is 428. The lowest BCUT2D eigenvalue weighted by Gasteiger charge is -2.17. The van der Waals surface area contributed by atoms with Crippen LogP contribution in [0.5, 0.6) is 0 Å². The summed E-state index contributed by atoms with van der Waals surface area (Å²) in [6.07, 6.45) is 1.88. The molecule has 0 radical (unpaired) electrons. The van der Waals surface area contributed by atoms with Crippen molar-refractivity contribution in [3.05, 3.63) is 17.8 Å². The largest absolute Gasteiger partial charge is 0.234 e. The Hall–Kier alpha value is -1.03. The average Bonchev–Trinajstić information content (AvgIpc) is 2.47. The smallest absolute Gasteiger partial charge is 0.193 e. The van der Waals surface area contributed by atoms with Gasteiger partial charge in [0.1, 0.15) is 5.52 Å². The van der Waals surface area contributed by atoms with Crippen molar-refractivity contribution >= 4 is 22.9 Å². The highest BCUT2D eigenvalue weighted by molar-refractivity contribution is 7.00. The summed E-state index contributed by atoms with van der Waals surface area (Å²) in [5.74, 6) is 0. The highest BCUT2D eigenvalue weighted by atomic mass is 32.1. The molecule has 0 aliphatic heterocycles. The van der Waals surface area contributed by atoms with Crippen molar-refractivity contribution in [2.45, 2.75) is 26.2 Å². The van der Waals surface area contributed by atoms with Crippen molar-refractivity contribution < 1.29 is 0 Å². The van der Waals surface area contributed by atoms with E-state index in [4.69, 9.17) is 0 Å². The van der Waals surface area contributed by atoms with Gasteiger partial charge in [-0.05, 0) is 17.0 Å². The van der Waals surface area contributed by atoms with Gasteiger partial charge in [-0.3, -0.25) is 0 Å². The van der Waals surface area contributed by atoms with Gasteiger partial charge >= 0.3 is 0 Å². The van der Waals surface area contributed by atoms with Gasteiger partial charge in [-0.25, -0.2) is 4.98 Å². The van der Waals surface area contributed by atoms with Crippen LogP contribution in [-0.2, 0) is 5.41 Å². The molecule has 13 heavy (non-hydrogen) atoms. The molecule has 3 nitrogen and oxygen atoms in total. The second-order valence-electron chi connectivity index (χ2n) is 4.08. The number of aromatic nitrogens is 3. The number of nitrogens with zero attached hydrogens (tertiary/aromatic N) is 3. The molecule has 0 N–H and O–H groups in total. The zero-order valence-electron chi connectivity index (χ0n) is 7.90. The average molecular weight is 193 g/mol. The number of hydrogen-bond donors (Lipinski definition) is 0. The first-order valence-electron chi connectivity index (χ1n) is 4.16. The van der Waals surface area contributed by atoms with Crippen LogP contribution in [0.3, 0.4) is 0 Å². The Morgan fingerprint density at radius 3 is 2.69 bits per heavy atom. The van der Waals surface area contributed by atoms with Crippen LogP contribution in [0.2, 0.25) is 0 Å². The molecule has 0 atom stereocenters. The lowest BCUT2D eigenvalue weighted by atomic mass is 9.88. The van der Waals surface area contributed by atoms with Crippen LogP contribution in [0.15, 0.2) is 12.3 Å². The minimum atomic E-state index is 0.130. The van der Waals surface area contributed by atoms with Crippen LogP contribution in [0, 0.1) is 0 Å². The van der Waals surface area contributed by atoms with Crippen LogP contribution >= 0.6 is 11.7 Å². The van der Waals surface area contributed by atoms with E-state index in [1.165, 1.54) is 17.3 Å². The quantitative estimate of drug-likeness (QED) is 0.644. The van der Waals surface area contributed by atoms with Crippen molar-refractivity contribution in [2.75, 3.05) is 0 Å². The fraction of sp³-hybridized carbons (Fsp3) is 0.444. The Labute approximate surface area is 81.2 Å². The van der Waals surface area contributed by atoms with Gasteiger partial charge in [-0.1, -0.05) is 20.8 Å². The lowest BCUT2D eigenvalue weighted by molar-refractivity contribution is 0.588. The fourth-order valence-electron chi connectivity index (χ4n) is 1.10. The van der Waals surface area contributed by atoms with E-state index in [0.29, 0.717) is 0 Å². The third-order valence-corrected chi connectivity index (χ3v) is 2.51. The Morgan fingerprint density at radius 1 is 1.23 bits per heavy atom. The molecule has 0 aliphatic rings. The van der Waals surface area contributed by atoms with Crippen molar-refractivity contribution in [3.8, 4) is 0 Å². The third-order valence-electron chi connectivity index (χ3n) is 1.98. The van der Waals surface area contributed by atoms with Gasteiger partial charge in [-0.15, -0.1) is 0 Å². The van der Waals surface area contributed by atoms with Gasteiger partial charge in [0.2, 0.25) is 0 Å². The molecule has 0 saturated heterocycles. The van der Waals surface area contributed by atoms with Gasteiger partial charge < -0.3 is 0 Å². The predicted octanol–water partition coefficient (Wildman–Crippen LogP) is 2.38. The molecule has 0 fully saturated rings. The van der Waals surface area contributed by atoms with Gasteiger partial charge in [0.05, 0.1) is 11.7 Å². The zero-order chi connectivity index (χ0) is 9.47. The normalized spacial score (nSPS) is 12.2. The summed E-state index contributed by atoms with van der Waals surface area (Å²) < 4.78 is 8.22. The maximum Gasteiger partial charge on any atom is 0.193 e. The standard InChI is InChI=1S/C9H11N3S/c1-9(2,3)6-4-7-8(10-5-6)12-13-11-7/h4-5H,1-3H3. The second-order valence-corrected chi connectivity index (χ2v) is 4.61. The molecule has 0 aromatic carbocycles. The maximum atomic E-state index is 4.24. The highest BCUT2D eigenvalue weighted by Gasteiger charge is 2.15. The maximum absolute atomic E-state index is 4.24. The summed E-state index contributed by atoms with van der Waals surface area (Å²) in [7, 11) is 0. The Balaban J connectivity index is 2.61. The van der Waals surface area contributed by atoms with Crippen molar-refractivity contribution in [1.82, 2.24) is 13.7 Å². The van der Waals surface area contributed by atoms with Gasteiger partial charge in [0.15, 0.2) is 5.65 Å². The topological polar surface area (TPSA) is 38.7 Å². The SMILES string of the molecule is CC(C)(C)c1cnc2nsnc2c1. The summed E-state index contributed by atoms with van der Waals surface area (Å²) in [4.78, 5) is 4.24. The van der Waals surface area contributed by atoms with E-state index < -0.39 is 0 Å². The molecule has 0 spiro atoms. The van der Waals surface area contributed by atoms with Crippen LogP contribution in [0.25, 0.3) is 11.2 Å². The lowest BCUT2D eigenvalue weighted by Crippen LogP contribution is -2.11. The Morgan fingerprint density at radius 2 is 2.00 bits per heavy atom. The number of fused-ring (bicyclic) bond motifs is 1. The summed E-state index contributed by atoms with van der Waals surface area (Å²) >= 11 is 1.21. The van der Waals surface area contributed by atoms with Gasteiger partial charge in [-0.2, -0.15) is 8.75 Å². The van der Waals surface area contributed by atoms with E-state index in [0.717, 1.165) is 11.2 Å². The molecule has 68 valence electrons. The van der Waals surface area contributed by atoms with Crippen molar-refractivity contribution in [3.63, 3.8) is 0 Å². The number of hydrogen-bond acceptors (Lipinski definition) is 4. The van der Waals surface area contributed by atoms with Crippen LogP contribution < -0.4 is 0 Å². The minimum Gasteiger partial charge on any atom is -0.234 e. The number of rotatable bonds is 0. The molecule has 0 aliphatic carbocycles. The van der Waals surface area contributed by atoms with Gasteiger partial charge in [0.25, 0.3) is 0 Å². The predicted molar refractivity (Wildman–Crippen MR) is 53.9 cm³/mol.